The number of nitrogens with zero attached hydrogens (tertiary/aromatic N) is 3. The Morgan fingerprint density at radius 2 is 1.57 bits per heavy atom. The van der Waals surface area contributed by atoms with E-state index in [0.29, 0.717) is 51.5 Å². The number of nitriles is 1. The van der Waals surface area contributed by atoms with Crippen LogP contribution in [0.25, 0.3) is 33.6 Å². The molecule has 0 amide bonds. The Bertz CT molecular complexity index is 2050. The lowest BCUT2D eigenvalue weighted by Gasteiger charge is -2.17. The quantitative estimate of drug-likeness (QED) is 0.101. The van der Waals surface area contributed by atoms with Gasteiger partial charge in [0.25, 0.3) is 5.56 Å². The number of benzene rings is 2. The van der Waals surface area contributed by atoms with E-state index in [9.17, 15) is 14.9 Å². The van der Waals surface area contributed by atoms with Crippen molar-refractivity contribution in [2.75, 3.05) is 47.9 Å². The van der Waals surface area contributed by atoms with Crippen LogP contribution < -0.4 is 39.4 Å². The zero-order valence-electron chi connectivity index (χ0n) is 26.2. The van der Waals surface area contributed by atoms with Crippen LogP contribution in [0.5, 0.6) is 34.5 Å². The van der Waals surface area contributed by atoms with Crippen molar-refractivity contribution in [2.45, 2.75) is 11.6 Å². The van der Waals surface area contributed by atoms with Crippen molar-refractivity contribution in [3.63, 3.8) is 0 Å². The lowest BCUT2D eigenvalue weighted by atomic mass is 10.1. The summed E-state index contributed by atoms with van der Waals surface area (Å²) in [7, 11) is 7.40. The van der Waals surface area contributed by atoms with E-state index < -0.39 is 11.0 Å². The predicted molar refractivity (Wildman–Crippen MR) is 174 cm³/mol. The van der Waals surface area contributed by atoms with E-state index in [0.717, 1.165) is 0 Å². The molecular formula is C33H30N4O9S. The average Bonchev–Trinajstić information content (AvgIpc) is 3.10. The summed E-state index contributed by atoms with van der Waals surface area (Å²) >= 11 is 1.28. The molecular weight excluding hydrogens is 628 g/mol. The Kier molecular flexibility index (Phi) is 10.2. The molecule has 0 atom stereocenters. The molecule has 5 rings (SSSR count). The van der Waals surface area contributed by atoms with Crippen LogP contribution in [0.3, 0.4) is 0 Å². The molecule has 3 heterocycles. The van der Waals surface area contributed by atoms with Crippen molar-refractivity contribution in [3.05, 3.63) is 74.9 Å². The molecule has 0 aliphatic heterocycles. The molecule has 2 aromatic carbocycles. The van der Waals surface area contributed by atoms with E-state index in [1.54, 1.807) is 48.8 Å². The molecule has 0 aliphatic rings. The zero-order chi connectivity index (χ0) is 33.5. The Morgan fingerprint density at radius 1 is 0.872 bits per heavy atom. The van der Waals surface area contributed by atoms with E-state index in [-0.39, 0.29) is 46.1 Å². The lowest BCUT2D eigenvalue weighted by Crippen LogP contribution is -2.15. The van der Waals surface area contributed by atoms with Gasteiger partial charge in [0, 0.05) is 41.4 Å². The molecule has 0 spiro atoms. The normalized spacial score (nSPS) is 10.7. The largest absolute Gasteiger partial charge is 0.496 e. The van der Waals surface area contributed by atoms with Crippen molar-refractivity contribution in [1.29, 1.82) is 5.26 Å². The van der Waals surface area contributed by atoms with E-state index in [1.807, 2.05) is 6.07 Å². The summed E-state index contributed by atoms with van der Waals surface area (Å²) in [6.07, 6.45) is 3.57. The van der Waals surface area contributed by atoms with Crippen molar-refractivity contribution >= 4 is 22.7 Å². The Balaban J connectivity index is 1.47. The summed E-state index contributed by atoms with van der Waals surface area (Å²) in [5, 5.41) is 10.0. The summed E-state index contributed by atoms with van der Waals surface area (Å²) in [5.41, 5.74) is 0.449. The van der Waals surface area contributed by atoms with Crippen LogP contribution in [0.4, 0.5) is 0 Å². The fraction of sp³-hybridized carbons (Fsp3) is 0.242. The van der Waals surface area contributed by atoms with Crippen molar-refractivity contribution in [1.82, 2.24) is 15.0 Å². The van der Waals surface area contributed by atoms with Gasteiger partial charge in [-0.25, -0.2) is 4.98 Å². The number of ether oxygens (including phenoxy) is 6. The third-order valence-electron chi connectivity index (χ3n) is 7.01. The number of methoxy groups -OCH3 is 5. The molecule has 0 saturated carbocycles. The predicted octanol–water partition coefficient (Wildman–Crippen LogP) is 5.08. The van der Waals surface area contributed by atoms with Crippen LogP contribution in [0.1, 0.15) is 12.0 Å². The van der Waals surface area contributed by atoms with Crippen LogP contribution in [-0.2, 0) is 0 Å². The number of H-pyrrole nitrogens is 1. The first-order chi connectivity index (χ1) is 22.9. The van der Waals surface area contributed by atoms with Gasteiger partial charge in [-0.1, -0.05) is 11.8 Å². The minimum absolute atomic E-state index is 0.0508. The highest BCUT2D eigenvalue weighted by molar-refractivity contribution is 7.99. The molecule has 0 aliphatic carbocycles. The first kappa shape index (κ1) is 32.7. The highest BCUT2D eigenvalue weighted by Crippen LogP contribution is 2.44. The Labute approximate surface area is 273 Å². The molecule has 0 unspecified atom stereocenters. The van der Waals surface area contributed by atoms with Gasteiger partial charge >= 0.3 is 0 Å². The van der Waals surface area contributed by atoms with Crippen LogP contribution in [0.2, 0.25) is 0 Å². The van der Waals surface area contributed by atoms with Gasteiger partial charge in [0.15, 0.2) is 22.4 Å². The van der Waals surface area contributed by atoms with Crippen molar-refractivity contribution in [2.24, 2.45) is 0 Å². The summed E-state index contributed by atoms with van der Waals surface area (Å²) in [6.45, 7) is 0.108. The third-order valence-corrected chi connectivity index (χ3v) is 7.97. The fourth-order valence-electron chi connectivity index (χ4n) is 4.80. The smallest absolute Gasteiger partial charge is 0.270 e. The maximum Gasteiger partial charge on any atom is 0.270 e. The molecule has 0 fully saturated rings. The third kappa shape index (κ3) is 6.66. The molecule has 0 bridgehead atoms. The number of fused-ring (bicyclic) bond motifs is 1. The van der Waals surface area contributed by atoms with Gasteiger partial charge in [-0.15, -0.1) is 0 Å². The summed E-state index contributed by atoms with van der Waals surface area (Å²) < 4.78 is 39.8. The summed E-state index contributed by atoms with van der Waals surface area (Å²) in [6, 6.07) is 11.8. The van der Waals surface area contributed by atoms with Gasteiger partial charge in [-0.3, -0.25) is 14.6 Å². The minimum atomic E-state index is -0.539. The first-order valence-electron chi connectivity index (χ1n) is 14.1. The van der Waals surface area contributed by atoms with Crippen LogP contribution in [0.15, 0.2) is 68.0 Å². The number of rotatable bonds is 13. The molecule has 47 heavy (non-hydrogen) atoms. The van der Waals surface area contributed by atoms with Crippen LogP contribution >= 0.6 is 11.8 Å². The second-order valence-corrected chi connectivity index (χ2v) is 10.8. The second kappa shape index (κ2) is 14.6. The van der Waals surface area contributed by atoms with Gasteiger partial charge in [0.1, 0.15) is 34.1 Å². The molecule has 3 aromatic heterocycles. The number of aromatic nitrogens is 3. The topological polar surface area (TPSA) is 168 Å². The van der Waals surface area contributed by atoms with Crippen LogP contribution in [-0.4, -0.2) is 62.9 Å². The molecule has 242 valence electrons. The van der Waals surface area contributed by atoms with Crippen molar-refractivity contribution < 1.29 is 32.8 Å². The number of aromatic amines is 1. The maximum absolute atomic E-state index is 14.0. The molecule has 0 saturated heterocycles. The first-order valence-corrected chi connectivity index (χ1v) is 15.1. The minimum Gasteiger partial charge on any atom is -0.496 e. The second-order valence-electron chi connectivity index (χ2n) is 9.70. The van der Waals surface area contributed by atoms with Gasteiger partial charge in [0.05, 0.1) is 47.8 Å². The molecule has 0 radical (unpaired) electrons. The average molecular weight is 659 g/mol. The monoisotopic (exact) mass is 658 g/mol. The standard InChI is InChI=1S/C33H30N4O9S/c1-40-20-15-22(41-2)26-23(16-20)46-29(19-13-24(42-3)30(44-5)25(14-19)43-4)31(28(26)38)45-11-6-12-47-33-36-27(18-7-9-35-10-8-18)21(17-34)32(39)37-33/h7-10,13-16H,6,11-12H2,1-5H3,(H,36,37,39). The van der Waals surface area contributed by atoms with Crippen LogP contribution in [0, 0.1) is 11.3 Å². The Morgan fingerprint density at radius 3 is 2.19 bits per heavy atom. The number of pyridine rings is 1. The molecule has 14 heteroatoms. The van der Waals surface area contributed by atoms with E-state index in [1.165, 1.54) is 47.3 Å². The molecule has 13 nitrogen and oxygen atoms in total. The Hall–Kier alpha value is -5.68. The molecule has 1 N–H and O–H groups in total. The number of nitrogens with one attached hydrogen (secondary N) is 1. The number of hydrogen-bond donors (Lipinski definition) is 1. The summed E-state index contributed by atoms with van der Waals surface area (Å²) in [5.74, 6) is 2.30. The van der Waals surface area contributed by atoms with Gasteiger partial charge in [0.2, 0.25) is 16.9 Å². The lowest BCUT2D eigenvalue weighted by molar-refractivity contribution is 0.309. The maximum atomic E-state index is 14.0. The van der Waals surface area contributed by atoms with E-state index >= 15 is 0 Å². The molecule has 5 aromatic rings. The van der Waals surface area contributed by atoms with E-state index in [2.05, 4.69) is 15.0 Å². The summed E-state index contributed by atoms with van der Waals surface area (Å²) in [4.78, 5) is 37.8. The van der Waals surface area contributed by atoms with Crippen molar-refractivity contribution in [3.8, 4) is 63.1 Å². The highest BCUT2D eigenvalue weighted by Gasteiger charge is 2.24. The van der Waals surface area contributed by atoms with Gasteiger partial charge in [-0.2, -0.15) is 5.26 Å². The fourth-order valence-corrected chi connectivity index (χ4v) is 5.58. The zero-order valence-corrected chi connectivity index (χ0v) is 27.0. The number of thioether (sulfide) groups is 1. The number of hydrogen-bond acceptors (Lipinski definition) is 13. The van der Waals surface area contributed by atoms with Gasteiger partial charge in [-0.05, 0) is 30.7 Å². The highest BCUT2D eigenvalue weighted by atomic mass is 32.2. The van der Waals surface area contributed by atoms with E-state index in [4.69, 9.17) is 32.8 Å². The van der Waals surface area contributed by atoms with Gasteiger partial charge < -0.3 is 37.8 Å². The SMILES string of the molecule is COc1cc(OC)c2c(=O)c(OCCCSc3nc(-c4ccncc4)c(C#N)c(=O)[nH]3)c(-c3cc(OC)c(OC)c(OC)c3)oc2c1.